The molecule has 0 N–H and O–H groups in total. The lowest BCUT2D eigenvalue weighted by Gasteiger charge is -2.06. The van der Waals surface area contributed by atoms with Gasteiger partial charge in [0.15, 0.2) is 6.17 Å². The normalized spacial score (nSPS) is 19.6. The molecule has 1 aliphatic heterocycles. The van der Waals surface area contributed by atoms with Crippen LogP contribution >= 0.6 is 0 Å². The zero-order valence-corrected chi connectivity index (χ0v) is 13.0. The van der Waals surface area contributed by atoms with Gasteiger partial charge in [0, 0.05) is 5.69 Å². The number of fused-ring (bicyclic) bond motifs is 1. The van der Waals surface area contributed by atoms with Gasteiger partial charge in [0.05, 0.1) is 11.6 Å². The van der Waals surface area contributed by atoms with Crippen molar-refractivity contribution >= 4 is 16.7 Å². The molecular formula is C20H16N4. The summed E-state index contributed by atoms with van der Waals surface area (Å²) in [5.41, 5.74) is 4.51. The van der Waals surface area contributed by atoms with E-state index in [0.29, 0.717) is 0 Å². The summed E-state index contributed by atoms with van der Waals surface area (Å²) in [5.74, 6) is 0. The maximum absolute atomic E-state index is 4.43. The molecule has 0 aliphatic carbocycles. The minimum Gasteiger partial charge on any atom is -0.336 e. The molecule has 1 aromatic heterocycles. The van der Waals surface area contributed by atoms with Crippen LogP contribution in [0.3, 0.4) is 0 Å². The molecule has 4 aromatic rings. The van der Waals surface area contributed by atoms with E-state index in [9.17, 15) is 0 Å². The molecule has 116 valence electrons. The third-order valence-corrected chi connectivity index (χ3v) is 4.60. The largest absolute Gasteiger partial charge is 0.336 e. The summed E-state index contributed by atoms with van der Waals surface area (Å²) in [6.45, 7) is 0. The van der Waals surface area contributed by atoms with Gasteiger partial charge in [-0.15, -0.1) is 5.10 Å². The third-order valence-electron chi connectivity index (χ3n) is 4.60. The summed E-state index contributed by atoms with van der Waals surface area (Å²) in [6, 6.07) is 29.5. The van der Waals surface area contributed by atoms with Gasteiger partial charge in [0.25, 0.3) is 0 Å². The summed E-state index contributed by atoms with van der Waals surface area (Å²) >= 11 is 0. The molecule has 2 unspecified atom stereocenters. The molecule has 1 aliphatic rings. The van der Waals surface area contributed by atoms with Crippen LogP contribution in [0.1, 0.15) is 17.8 Å². The van der Waals surface area contributed by atoms with Crippen LogP contribution in [0.5, 0.6) is 0 Å². The second-order valence-corrected chi connectivity index (χ2v) is 6.03. The zero-order valence-electron chi connectivity index (χ0n) is 13.0. The minimum atomic E-state index is 0.155. The van der Waals surface area contributed by atoms with Gasteiger partial charge in [-0.05, 0) is 29.8 Å². The van der Waals surface area contributed by atoms with Crippen LogP contribution in [-0.4, -0.2) is 15.0 Å². The molecule has 4 nitrogen and oxygen atoms in total. The first-order valence-electron chi connectivity index (χ1n) is 8.12. The number of nitrogens with zero attached hydrogens (tertiary/aromatic N) is 4. The fraction of sp³-hybridized carbons (Fsp3) is 0.100. The highest BCUT2D eigenvalue weighted by Crippen LogP contribution is 2.54. The number of rotatable bonds is 3. The van der Waals surface area contributed by atoms with Crippen molar-refractivity contribution in [2.24, 2.45) is 0 Å². The number of hydrogen-bond donors (Lipinski definition) is 0. The number of benzene rings is 3. The van der Waals surface area contributed by atoms with Crippen LogP contribution in [0.25, 0.3) is 11.0 Å². The lowest BCUT2D eigenvalue weighted by Crippen LogP contribution is -2.03. The Morgan fingerprint density at radius 1 is 0.708 bits per heavy atom. The van der Waals surface area contributed by atoms with E-state index in [1.165, 1.54) is 11.3 Å². The van der Waals surface area contributed by atoms with E-state index in [4.69, 9.17) is 0 Å². The van der Waals surface area contributed by atoms with Gasteiger partial charge >= 0.3 is 0 Å². The van der Waals surface area contributed by atoms with Crippen LogP contribution in [-0.2, 0) is 0 Å². The Balaban J connectivity index is 1.63. The SMILES string of the molecule is c1ccc(C2C(n3nnc4ccccc43)N2c2ccccc2)cc1. The highest BCUT2D eigenvalue weighted by Gasteiger charge is 2.51. The van der Waals surface area contributed by atoms with Crippen molar-refractivity contribution in [2.75, 3.05) is 4.90 Å². The van der Waals surface area contributed by atoms with Crippen molar-refractivity contribution in [2.45, 2.75) is 12.2 Å². The van der Waals surface area contributed by atoms with Gasteiger partial charge in [-0.25, -0.2) is 4.68 Å². The second kappa shape index (κ2) is 5.20. The van der Waals surface area contributed by atoms with Crippen LogP contribution in [0, 0.1) is 0 Å². The highest BCUT2D eigenvalue weighted by atomic mass is 15.6. The molecule has 0 saturated carbocycles. The summed E-state index contributed by atoms with van der Waals surface area (Å²) in [7, 11) is 0. The number of para-hydroxylation sites is 2. The third kappa shape index (κ3) is 2.00. The van der Waals surface area contributed by atoms with Crippen LogP contribution < -0.4 is 4.90 Å². The first-order chi connectivity index (χ1) is 11.9. The van der Waals surface area contributed by atoms with Crippen LogP contribution in [0.2, 0.25) is 0 Å². The van der Waals surface area contributed by atoms with E-state index in [-0.39, 0.29) is 12.2 Å². The number of aromatic nitrogens is 3. The maximum atomic E-state index is 4.43. The lowest BCUT2D eigenvalue weighted by atomic mass is 10.1. The summed E-state index contributed by atoms with van der Waals surface area (Å²) in [4.78, 5) is 2.39. The van der Waals surface area contributed by atoms with E-state index in [2.05, 4.69) is 75.9 Å². The topological polar surface area (TPSA) is 33.7 Å². The summed E-state index contributed by atoms with van der Waals surface area (Å²) < 4.78 is 2.04. The zero-order chi connectivity index (χ0) is 15.9. The molecule has 0 amide bonds. The molecule has 1 fully saturated rings. The fourth-order valence-electron chi connectivity index (χ4n) is 3.45. The van der Waals surface area contributed by atoms with Gasteiger partial charge < -0.3 is 4.90 Å². The summed E-state index contributed by atoms with van der Waals surface area (Å²) in [6.07, 6.45) is 0.155. The predicted octanol–water partition coefficient (Wildman–Crippen LogP) is 4.19. The van der Waals surface area contributed by atoms with Gasteiger partial charge in [-0.3, -0.25) is 0 Å². The fourth-order valence-corrected chi connectivity index (χ4v) is 3.45. The molecule has 0 spiro atoms. The Morgan fingerprint density at radius 2 is 1.38 bits per heavy atom. The standard InChI is InChI=1S/C20H16N4/c1-3-9-15(10-4-1)19-20(23(19)16-11-5-2-6-12-16)24-18-14-8-7-13-17(18)21-22-24/h1-14,19-20H. The molecule has 4 heteroatoms. The second-order valence-electron chi connectivity index (χ2n) is 6.03. The van der Waals surface area contributed by atoms with Crippen molar-refractivity contribution in [3.8, 4) is 0 Å². The maximum Gasteiger partial charge on any atom is 0.151 e. The van der Waals surface area contributed by atoms with Crippen molar-refractivity contribution in [3.63, 3.8) is 0 Å². The Labute approximate surface area is 140 Å². The van der Waals surface area contributed by atoms with Gasteiger partial charge in [-0.2, -0.15) is 0 Å². The van der Waals surface area contributed by atoms with Gasteiger partial charge in [0.2, 0.25) is 0 Å². The monoisotopic (exact) mass is 312 g/mol. The molecule has 1 saturated heterocycles. The molecule has 0 bridgehead atoms. The Bertz CT molecular complexity index is 933. The quantitative estimate of drug-likeness (QED) is 0.532. The lowest BCUT2D eigenvalue weighted by molar-refractivity contribution is 0.615. The Kier molecular flexibility index (Phi) is 2.88. The van der Waals surface area contributed by atoms with E-state index in [1.54, 1.807) is 0 Å². The van der Waals surface area contributed by atoms with Crippen LogP contribution in [0.4, 0.5) is 5.69 Å². The van der Waals surface area contributed by atoms with E-state index in [1.807, 2.05) is 28.9 Å². The summed E-state index contributed by atoms with van der Waals surface area (Å²) in [5, 5.41) is 8.76. The van der Waals surface area contributed by atoms with Crippen LogP contribution in [0.15, 0.2) is 84.9 Å². The molecule has 24 heavy (non-hydrogen) atoms. The Morgan fingerprint density at radius 3 is 2.17 bits per heavy atom. The van der Waals surface area contributed by atoms with E-state index in [0.717, 1.165) is 11.0 Å². The molecule has 0 radical (unpaired) electrons. The minimum absolute atomic E-state index is 0.155. The molecule has 5 rings (SSSR count). The predicted molar refractivity (Wildman–Crippen MR) is 94.7 cm³/mol. The van der Waals surface area contributed by atoms with Crippen molar-refractivity contribution in [1.29, 1.82) is 0 Å². The first kappa shape index (κ1) is 13.3. The highest BCUT2D eigenvalue weighted by molar-refractivity contribution is 5.75. The Hall–Kier alpha value is -3.14. The molecular weight excluding hydrogens is 296 g/mol. The smallest absolute Gasteiger partial charge is 0.151 e. The van der Waals surface area contributed by atoms with E-state index < -0.39 is 0 Å². The van der Waals surface area contributed by atoms with Crippen molar-refractivity contribution in [3.05, 3.63) is 90.5 Å². The van der Waals surface area contributed by atoms with E-state index >= 15 is 0 Å². The van der Waals surface area contributed by atoms with Crippen molar-refractivity contribution in [1.82, 2.24) is 15.0 Å². The average Bonchev–Trinajstić information content (AvgIpc) is 3.26. The number of hydrogen-bond acceptors (Lipinski definition) is 3. The first-order valence-corrected chi connectivity index (χ1v) is 8.12. The van der Waals surface area contributed by atoms with Gasteiger partial charge in [-0.1, -0.05) is 65.9 Å². The van der Waals surface area contributed by atoms with Gasteiger partial charge in [0.1, 0.15) is 5.52 Å². The van der Waals surface area contributed by atoms with Crippen molar-refractivity contribution < 1.29 is 0 Å². The average molecular weight is 312 g/mol. The molecule has 3 aromatic carbocycles. The molecule has 2 heterocycles. The molecule has 2 atom stereocenters. The number of anilines is 1.